The second-order valence-corrected chi connectivity index (χ2v) is 5.87. The molecule has 1 amide bonds. The van der Waals surface area contributed by atoms with Crippen molar-refractivity contribution in [1.29, 1.82) is 0 Å². The van der Waals surface area contributed by atoms with Gasteiger partial charge in [0, 0.05) is 25.7 Å². The Morgan fingerprint density at radius 1 is 1.48 bits per heavy atom. The second kappa shape index (κ2) is 7.98. The quantitative estimate of drug-likeness (QED) is 0.805. The summed E-state index contributed by atoms with van der Waals surface area (Å²) >= 11 is 0. The van der Waals surface area contributed by atoms with Crippen LogP contribution in [-0.2, 0) is 11.3 Å². The van der Waals surface area contributed by atoms with Gasteiger partial charge in [0.2, 0.25) is 5.91 Å². The monoisotopic (exact) mass is 290 g/mol. The number of rotatable bonds is 7. The molecule has 0 atom stereocenters. The first-order valence-electron chi connectivity index (χ1n) is 7.87. The van der Waals surface area contributed by atoms with Crippen LogP contribution in [0.15, 0.2) is 18.3 Å². The number of likely N-dealkylation sites (tertiary alicyclic amines) is 1. The fourth-order valence-corrected chi connectivity index (χ4v) is 2.81. The fourth-order valence-electron chi connectivity index (χ4n) is 2.81. The van der Waals surface area contributed by atoms with Crippen LogP contribution in [0.2, 0.25) is 0 Å². The molecule has 0 aromatic carbocycles. The Morgan fingerprint density at radius 3 is 2.90 bits per heavy atom. The summed E-state index contributed by atoms with van der Waals surface area (Å²) in [7, 11) is 0. The van der Waals surface area contributed by atoms with E-state index in [0.717, 1.165) is 51.3 Å². The molecule has 0 aliphatic carbocycles. The van der Waals surface area contributed by atoms with Crippen molar-refractivity contribution in [3.8, 4) is 0 Å². The Balaban J connectivity index is 1.81. The molecule has 116 valence electrons. The molecule has 1 aromatic heterocycles. The SMILES string of the molecule is CCCNc1cc(CN2CCC(CC(N)=O)CC2)ccn1. The highest BCUT2D eigenvalue weighted by atomic mass is 16.1. The van der Waals surface area contributed by atoms with Crippen molar-refractivity contribution in [2.45, 2.75) is 39.2 Å². The van der Waals surface area contributed by atoms with Crippen molar-refractivity contribution in [3.05, 3.63) is 23.9 Å². The topological polar surface area (TPSA) is 71.2 Å². The zero-order valence-electron chi connectivity index (χ0n) is 12.8. The van der Waals surface area contributed by atoms with Crippen molar-refractivity contribution in [2.75, 3.05) is 25.0 Å². The van der Waals surface area contributed by atoms with Crippen molar-refractivity contribution in [3.63, 3.8) is 0 Å². The largest absolute Gasteiger partial charge is 0.370 e. The van der Waals surface area contributed by atoms with Gasteiger partial charge in [0.1, 0.15) is 5.82 Å². The highest BCUT2D eigenvalue weighted by molar-refractivity contribution is 5.73. The summed E-state index contributed by atoms with van der Waals surface area (Å²) < 4.78 is 0. The standard InChI is InChI=1S/C16H26N4O/c1-2-6-18-16-11-14(3-7-19-16)12-20-8-4-13(5-9-20)10-15(17)21/h3,7,11,13H,2,4-6,8-10,12H2,1H3,(H2,17,21)(H,18,19). The molecule has 0 saturated carbocycles. The highest BCUT2D eigenvalue weighted by Gasteiger charge is 2.20. The molecule has 2 heterocycles. The smallest absolute Gasteiger partial charge is 0.217 e. The molecule has 0 bridgehead atoms. The van der Waals surface area contributed by atoms with Crippen molar-refractivity contribution in [1.82, 2.24) is 9.88 Å². The molecule has 1 aliphatic rings. The molecule has 5 nitrogen and oxygen atoms in total. The maximum absolute atomic E-state index is 11.0. The average Bonchev–Trinajstić information content (AvgIpc) is 2.47. The minimum Gasteiger partial charge on any atom is -0.370 e. The van der Waals surface area contributed by atoms with Gasteiger partial charge in [0.15, 0.2) is 0 Å². The zero-order chi connectivity index (χ0) is 15.1. The van der Waals surface area contributed by atoms with E-state index in [2.05, 4.69) is 34.3 Å². The summed E-state index contributed by atoms with van der Waals surface area (Å²) in [6.45, 7) is 6.13. The number of piperidine rings is 1. The summed E-state index contributed by atoms with van der Waals surface area (Å²) in [6.07, 6.45) is 5.63. The van der Waals surface area contributed by atoms with Crippen LogP contribution in [-0.4, -0.2) is 35.4 Å². The van der Waals surface area contributed by atoms with Gasteiger partial charge < -0.3 is 11.1 Å². The third-order valence-electron chi connectivity index (χ3n) is 3.98. The molecule has 5 heteroatoms. The number of nitrogens with one attached hydrogen (secondary N) is 1. The Labute approximate surface area is 126 Å². The number of nitrogens with zero attached hydrogens (tertiary/aromatic N) is 2. The van der Waals surface area contributed by atoms with Crippen LogP contribution in [0.25, 0.3) is 0 Å². The molecular weight excluding hydrogens is 264 g/mol. The number of aromatic nitrogens is 1. The summed E-state index contributed by atoms with van der Waals surface area (Å²) in [5.41, 5.74) is 6.56. The van der Waals surface area contributed by atoms with Gasteiger partial charge in [0.05, 0.1) is 0 Å². The number of anilines is 1. The van der Waals surface area contributed by atoms with Crippen LogP contribution in [0.1, 0.15) is 38.2 Å². The maximum atomic E-state index is 11.0. The number of hydrogen-bond donors (Lipinski definition) is 2. The fraction of sp³-hybridized carbons (Fsp3) is 0.625. The van der Waals surface area contributed by atoms with Crippen LogP contribution >= 0.6 is 0 Å². The van der Waals surface area contributed by atoms with Crippen molar-refractivity contribution < 1.29 is 4.79 Å². The van der Waals surface area contributed by atoms with E-state index in [4.69, 9.17) is 5.73 Å². The summed E-state index contributed by atoms with van der Waals surface area (Å²) in [6, 6.07) is 4.21. The molecule has 0 unspecified atom stereocenters. The molecule has 3 N–H and O–H groups in total. The number of carbonyl (C=O) groups excluding carboxylic acids is 1. The van der Waals surface area contributed by atoms with Gasteiger partial charge in [-0.15, -0.1) is 0 Å². The normalized spacial score (nSPS) is 16.8. The molecule has 1 saturated heterocycles. The van der Waals surface area contributed by atoms with Crippen molar-refractivity contribution >= 4 is 11.7 Å². The van der Waals surface area contributed by atoms with E-state index >= 15 is 0 Å². The summed E-state index contributed by atoms with van der Waals surface area (Å²) in [5, 5.41) is 3.32. The van der Waals surface area contributed by atoms with E-state index < -0.39 is 0 Å². The van der Waals surface area contributed by atoms with Crippen LogP contribution in [0.4, 0.5) is 5.82 Å². The lowest BCUT2D eigenvalue weighted by Gasteiger charge is -2.31. The van der Waals surface area contributed by atoms with Crippen molar-refractivity contribution in [2.24, 2.45) is 11.7 Å². The molecule has 1 aliphatic heterocycles. The van der Waals surface area contributed by atoms with Gasteiger partial charge in [0.25, 0.3) is 0 Å². The van der Waals surface area contributed by atoms with E-state index in [1.54, 1.807) is 0 Å². The third kappa shape index (κ3) is 5.34. The second-order valence-electron chi connectivity index (χ2n) is 5.87. The van der Waals surface area contributed by atoms with E-state index in [-0.39, 0.29) is 5.91 Å². The molecule has 0 radical (unpaired) electrons. The lowest BCUT2D eigenvalue weighted by Crippen LogP contribution is -2.34. The van der Waals surface area contributed by atoms with Crippen LogP contribution in [0.3, 0.4) is 0 Å². The maximum Gasteiger partial charge on any atom is 0.217 e. The Kier molecular flexibility index (Phi) is 5.99. The summed E-state index contributed by atoms with van der Waals surface area (Å²) in [4.78, 5) is 17.7. The lowest BCUT2D eigenvalue weighted by atomic mass is 9.93. The molecule has 1 fully saturated rings. The first-order chi connectivity index (χ1) is 10.2. The molecule has 2 rings (SSSR count). The van der Waals surface area contributed by atoms with E-state index in [1.165, 1.54) is 5.56 Å². The zero-order valence-corrected chi connectivity index (χ0v) is 12.8. The molecule has 0 spiro atoms. The van der Waals surface area contributed by atoms with E-state index in [9.17, 15) is 4.79 Å². The number of carbonyl (C=O) groups is 1. The molecular formula is C16H26N4O. The van der Waals surface area contributed by atoms with Crippen LogP contribution in [0.5, 0.6) is 0 Å². The van der Waals surface area contributed by atoms with Crippen LogP contribution < -0.4 is 11.1 Å². The minimum atomic E-state index is -0.172. The van der Waals surface area contributed by atoms with Gasteiger partial charge in [-0.2, -0.15) is 0 Å². The van der Waals surface area contributed by atoms with E-state index in [0.29, 0.717) is 12.3 Å². The predicted molar refractivity (Wildman–Crippen MR) is 84.8 cm³/mol. The summed E-state index contributed by atoms with van der Waals surface area (Å²) in [5.74, 6) is 1.25. The minimum absolute atomic E-state index is 0.172. The third-order valence-corrected chi connectivity index (χ3v) is 3.98. The number of primary amides is 1. The van der Waals surface area contributed by atoms with Gasteiger partial charge in [-0.25, -0.2) is 4.98 Å². The Hall–Kier alpha value is -1.62. The Bertz CT molecular complexity index is 455. The molecule has 1 aromatic rings. The first-order valence-corrected chi connectivity index (χ1v) is 7.87. The van der Waals surface area contributed by atoms with Gasteiger partial charge in [-0.05, 0) is 56.0 Å². The van der Waals surface area contributed by atoms with Gasteiger partial charge >= 0.3 is 0 Å². The average molecular weight is 290 g/mol. The number of hydrogen-bond acceptors (Lipinski definition) is 4. The van der Waals surface area contributed by atoms with Gasteiger partial charge in [-0.3, -0.25) is 9.69 Å². The Morgan fingerprint density at radius 2 is 2.24 bits per heavy atom. The highest BCUT2D eigenvalue weighted by Crippen LogP contribution is 2.21. The van der Waals surface area contributed by atoms with E-state index in [1.807, 2.05) is 6.20 Å². The predicted octanol–water partition coefficient (Wildman–Crippen LogP) is 1.99. The number of pyridine rings is 1. The van der Waals surface area contributed by atoms with Gasteiger partial charge in [-0.1, -0.05) is 6.92 Å². The number of nitrogens with two attached hydrogens (primary N) is 1. The first kappa shape index (κ1) is 15.8. The lowest BCUT2D eigenvalue weighted by molar-refractivity contribution is -0.119. The van der Waals surface area contributed by atoms with Crippen LogP contribution in [0, 0.1) is 5.92 Å². The number of amides is 1. The molecule has 21 heavy (non-hydrogen) atoms.